The van der Waals surface area contributed by atoms with E-state index in [1.807, 2.05) is 0 Å². The standard InChI is InChI=1S/C15H23FN2O2S/c1-11-3-2-4-13(6-5-11)18-21(19,20)14-7-8-15(16)12(9-14)10-17/h7-9,11,13,18H,2-6,10,17H2,1H3. The lowest BCUT2D eigenvalue weighted by atomic mass is 10.0. The maximum Gasteiger partial charge on any atom is 0.240 e. The van der Waals surface area contributed by atoms with Crippen molar-refractivity contribution in [1.29, 1.82) is 0 Å². The molecule has 0 radical (unpaired) electrons. The molecule has 2 atom stereocenters. The molecule has 118 valence electrons. The van der Waals surface area contributed by atoms with Crippen molar-refractivity contribution in [3.8, 4) is 0 Å². The number of hydrogen-bond acceptors (Lipinski definition) is 3. The lowest BCUT2D eigenvalue weighted by molar-refractivity contribution is 0.484. The third-order valence-corrected chi connectivity index (χ3v) is 5.64. The van der Waals surface area contributed by atoms with Gasteiger partial charge in [-0.05, 0) is 43.4 Å². The molecule has 0 heterocycles. The molecule has 0 spiro atoms. The Morgan fingerprint density at radius 1 is 1.29 bits per heavy atom. The van der Waals surface area contributed by atoms with E-state index in [2.05, 4.69) is 11.6 Å². The SMILES string of the molecule is CC1CCCC(NS(=O)(=O)c2ccc(F)c(CN)c2)CC1. The second kappa shape index (κ2) is 6.85. The zero-order valence-electron chi connectivity index (χ0n) is 12.3. The highest BCUT2D eigenvalue weighted by molar-refractivity contribution is 7.89. The first-order chi connectivity index (χ1) is 9.92. The molecule has 0 bridgehead atoms. The van der Waals surface area contributed by atoms with Crippen LogP contribution in [0.5, 0.6) is 0 Å². The van der Waals surface area contributed by atoms with Gasteiger partial charge in [0.25, 0.3) is 0 Å². The zero-order valence-corrected chi connectivity index (χ0v) is 13.1. The Morgan fingerprint density at radius 2 is 2.05 bits per heavy atom. The van der Waals surface area contributed by atoms with Gasteiger partial charge in [-0.3, -0.25) is 0 Å². The highest BCUT2D eigenvalue weighted by atomic mass is 32.2. The Kier molecular flexibility index (Phi) is 5.35. The average Bonchev–Trinajstić information content (AvgIpc) is 2.63. The molecule has 1 aliphatic rings. The molecule has 3 N–H and O–H groups in total. The molecule has 2 unspecified atom stereocenters. The predicted octanol–water partition coefficient (Wildman–Crippen LogP) is 2.53. The van der Waals surface area contributed by atoms with E-state index in [0.29, 0.717) is 5.92 Å². The second-order valence-corrected chi connectivity index (χ2v) is 7.60. The summed E-state index contributed by atoms with van der Waals surface area (Å²) in [5, 5.41) is 0. The minimum Gasteiger partial charge on any atom is -0.326 e. The monoisotopic (exact) mass is 314 g/mol. The van der Waals surface area contributed by atoms with Gasteiger partial charge in [-0.1, -0.05) is 19.8 Å². The molecular formula is C15H23FN2O2S. The van der Waals surface area contributed by atoms with Crippen molar-refractivity contribution in [2.75, 3.05) is 0 Å². The van der Waals surface area contributed by atoms with Gasteiger partial charge in [0, 0.05) is 18.2 Å². The van der Waals surface area contributed by atoms with Gasteiger partial charge in [-0.25, -0.2) is 17.5 Å². The van der Waals surface area contributed by atoms with E-state index >= 15 is 0 Å². The molecule has 0 aromatic heterocycles. The van der Waals surface area contributed by atoms with Crippen LogP contribution in [-0.2, 0) is 16.6 Å². The third-order valence-electron chi connectivity index (χ3n) is 4.13. The highest BCUT2D eigenvalue weighted by Crippen LogP contribution is 2.24. The van der Waals surface area contributed by atoms with Crippen LogP contribution >= 0.6 is 0 Å². The maximum atomic E-state index is 13.4. The first kappa shape index (κ1) is 16.4. The Morgan fingerprint density at radius 3 is 2.76 bits per heavy atom. The van der Waals surface area contributed by atoms with Crippen LogP contribution in [0.4, 0.5) is 4.39 Å². The van der Waals surface area contributed by atoms with Crippen LogP contribution in [0.2, 0.25) is 0 Å². The van der Waals surface area contributed by atoms with Gasteiger partial charge in [-0.15, -0.1) is 0 Å². The summed E-state index contributed by atoms with van der Waals surface area (Å²) in [6.45, 7) is 2.18. The van der Waals surface area contributed by atoms with E-state index in [1.54, 1.807) is 0 Å². The number of halogens is 1. The van der Waals surface area contributed by atoms with E-state index in [1.165, 1.54) is 12.1 Å². The van der Waals surface area contributed by atoms with Gasteiger partial charge in [0.2, 0.25) is 10.0 Å². The first-order valence-corrected chi connectivity index (χ1v) is 8.91. The van der Waals surface area contributed by atoms with Crippen LogP contribution in [0.3, 0.4) is 0 Å². The van der Waals surface area contributed by atoms with Gasteiger partial charge in [0.05, 0.1) is 4.90 Å². The molecule has 1 saturated carbocycles. The molecule has 6 heteroatoms. The predicted molar refractivity (Wildman–Crippen MR) is 80.6 cm³/mol. The zero-order chi connectivity index (χ0) is 15.5. The quantitative estimate of drug-likeness (QED) is 0.839. The number of benzene rings is 1. The number of nitrogens with one attached hydrogen (secondary N) is 1. The second-order valence-electron chi connectivity index (χ2n) is 5.89. The summed E-state index contributed by atoms with van der Waals surface area (Å²) in [5.41, 5.74) is 5.64. The normalized spacial score (nSPS) is 23.8. The topological polar surface area (TPSA) is 72.2 Å². The molecule has 0 aliphatic heterocycles. The van der Waals surface area contributed by atoms with Gasteiger partial charge in [0.1, 0.15) is 5.82 Å². The van der Waals surface area contributed by atoms with Crippen molar-refractivity contribution in [2.24, 2.45) is 11.7 Å². The van der Waals surface area contributed by atoms with E-state index in [-0.39, 0.29) is 23.0 Å². The number of hydrogen-bond donors (Lipinski definition) is 2. The average molecular weight is 314 g/mol. The minimum absolute atomic E-state index is 0.0177. The fourth-order valence-corrected chi connectivity index (χ4v) is 4.12. The van der Waals surface area contributed by atoms with Crippen molar-refractivity contribution < 1.29 is 12.8 Å². The van der Waals surface area contributed by atoms with E-state index in [4.69, 9.17) is 5.73 Å². The highest BCUT2D eigenvalue weighted by Gasteiger charge is 2.23. The molecule has 2 rings (SSSR count). The van der Waals surface area contributed by atoms with E-state index < -0.39 is 15.8 Å². The van der Waals surface area contributed by atoms with Crippen molar-refractivity contribution in [1.82, 2.24) is 4.72 Å². The summed E-state index contributed by atoms with van der Waals surface area (Å²) in [7, 11) is -3.62. The van der Waals surface area contributed by atoms with Gasteiger partial charge in [0.15, 0.2) is 0 Å². The number of rotatable bonds is 4. The smallest absolute Gasteiger partial charge is 0.240 e. The molecule has 1 aromatic rings. The number of sulfonamides is 1. The van der Waals surface area contributed by atoms with Gasteiger partial charge in [-0.2, -0.15) is 0 Å². The Hall–Kier alpha value is -0.980. The minimum atomic E-state index is -3.62. The summed E-state index contributed by atoms with van der Waals surface area (Å²) in [6, 6.07) is 3.73. The van der Waals surface area contributed by atoms with Crippen molar-refractivity contribution in [3.05, 3.63) is 29.6 Å². The Labute approximate surface area is 126 Å². The summed E-state index contributed by atoms with van der Waals surface area (Å²) < 4.78 is 41.0. The molecular weight excluding hydrogens is 291 g/mol. The summed E-state index contributed by atoms with van der Waals surface area (Å²) in [4.78, 5) is 0.0849. The lowest BCUT2D eigenvalue weighted by Crippen LogP contribution is -2.34. The molecule has 1 fully saturated rings. The van der Waals surface area contributed by atoms with Crippen LogP contribution in [0, 0.1) is 11.7 Å². The summed E-state index contributed by atoms with van der Waals surface area (Å²) in [6.07, 6.45) is 4.92. The molecule has 21 heavy (non-hydrogen) atoms. The molecule has 0 saturated heterocycles. The van der Waals surface area contributed by atoms with Crippen LogP contribution in [0.15, 0.2) is 23.1 Å². The van der Waals surface area contributed by atoms with Crippen LogP contribution < -0.4 is 10.5 Å². The largest absolute Gasteiger partial charge is 0.326 e. The first-order valence-electron chi connectivity index (χ1n) is 7.43. The fraction of sp³-hybridized carbons (Fsp3) is 0.600. The summed E-state index contributed by atoms with van der Waals surface area (Å²) >= 11 is 0. The van der Waals surface area contributed by atoms with Crippen LogP contribution in [0.25, 0.3) is 0 Å². The fourth-order valence-electron chi connectivity index (χ4n) is 2.77. The van der Waals surface area contributed by atoms with E-state index in [0.717, 1.165) is 38.2 Å². The maximum absolute atomic E-state index is 13.4. The van der Waals surface area contributed by atoms with Crippen molar-refractivity contribution in [3.63, 3.8) is 0 Å². The molecule has 4 nitrogen and oxygen atoms in total. The van der Waals surface area contributed by atoms with Gasteiger partial charge < -0.3 is 5.73 Å². The van der Waals surface area contributed by atoms with Crippen LogP contribution in [-0.4, -0.2) is 14.5 Å². The van der Waals surface area contributed by atoms with Crippen LogP contribution in [0.1, 0.15) is 44.6 Å². The third kappa shape index (κ3) is 4.25. The molecule has 0 amide bonds. The van der Waals surface area contributed by atoms with Crippen molar-refractivity contribution in [2.45, 2.75) is 56.5 Å². The Bertz CT molecular complexity index is 589. The lowest BCUT2D eigenvalue weighted by Gasteiger charge is -2.17. The molecule has 1 aliphatic carbocycles. The van der Waals surface area contributed by atoms with Gasteiger partial charge >= 0.3 is 0 Å². The molecule has 1 aromatic carbocycles. The number of nitrogens with two attached hydrogens (primary N) is 1. The Balaban J connectivity index is 2.14. The summed E-state index contributed by atoms with van der Waals surface area (Å²) in [5.74, 6) is 0.175. The van der Waals surface area contributed by atoms with E-state index in [9.17, 15) is 12.8 Å². The van der Waals surface area contributed by atoms with Crippen molar-refractivity contribution >= 4 is 10.0 Å².